The van der Waals surface area contributed by atoms with E-state index in [2.05, 4.69) is 5.10 Å². The minimum atomic E-state index is -0.483. The summed E-state index contributed by atoms with van der Waals surface area (Å²) in [7, 11) is 0. The number of morpholine rings is 1. The Morgan fingerprint density at radius 2 is 2.13 bits per heavy atom. The molecule has 0 aromatic carbocycles. The molecule has 2 rings (SSSR count). The average molecular weight is 367 g/mol. The molecule has 2 N–H and O–H groups in total. The molecule has 1 unspecified atom stereocenters. The van der Waals surface area contributed by atoms with Crippen molar-refractivity contribution in [1.29, 1.82) is 0 Å². The van der Waals surface area contributed by atoms with E-state index in [1.165, 1.54) is 0 Å². The highest BCUT2D eigenvalue weighted by atomic mass is 35.5. The van der Waals surface area contributed by atoms with Crippen LogP contribution in [-0.2, 0) is 16.1 Å². The second-order valence-electron chi connectivity index (χ2n) is 6.86. The molecule has 0 spiro atoms. The number of amides is 1. The van der Waals surface area contributed by atoms with Crippen molar-refractivity contribution in [3.05, 3.63) is 18.0 Å². The van der Waals surface area contributed by atoms with Gasteiger partial charge in [-0.1, -0.05) is 20.8 Å². The maximum Gasteiger partial charge on any atom is 0.240 e. The molecule has 8 heteroatoms. The van der Waals surface area contributed by atoms with Crippen LogP contribution in [0.2, 0.25) is 0 Å². The van der Waals surface area contributed by atoms with Crippen LogP contribution in [0.15, 0.2) is 12.4 Å². The Hall–Kier alpha value is -0.820. The maximum absolute atomic E-state index is 12.5. The minimum Gasteiger partial charge on any atom is -0.373 e. The van der Waals surface area contributed by atoms with Crippen LogP contribution in [0.3, 0.4) is 0 Å². The van der Waals surface area contributed by atoms with E-state index >= 15 is 0 Å². The maximum atomic E-state index is 12.5. The average Bonchev–Trinajstić information content (AvgIpc) is 2.81. The molecule has 1 amide bonds. The monoisotopic (exact) mass is 366 g/mol. The summed E-state index contributed by atoms with van der Waals surface area (Å²) >= 11 is 0. The third-order valence-electron chi connectivity index (χ3n) is 3.80. The summed E-state index contributed by atoms with van der Waals surface area (Å²) in [5.41, 5.74) is 6.96. The first-order chi connectivity index (χ1) is 9.77. The SMILES string of the molecule is Cc1cnn(CC2CN(C(=O)[C@@H](N)C(C)(C)C)CCO2)c1.Cl.Cl. The third kappa shape index (κ3) is 5.95. The van der Waals surface area contributed by atoms with Gasteiger partial charge in [-0.3, -0.25) is 9.48 Å². The number of aryl methyl sites for hydroxylation is 1. The zero-order valence-corrected chi connectivity index (χ0v) is 15.8. The second-order valence-corrected chi connectivity index (χ2v) is 6.86. The number of carbonyl (C=O) groups is 1. The molecule has 1 saturated heterocycles. The van der Waals surface area contributed by atoms with Crippen LogP contribution in [0.5, 0.6) is 0 Å². The lowest BCUT2D eigenvalue weighted by Gasteiger charge is -2.37. The molecule has 23 heavy (non-hydrogen) atoms. The van der Waals surface area contributed by atoms with Gasteiger partial charge < -0.3 is 15.4 Å². The number of ether oxygens (including phenoxy) is 1. The fraction of sp³-hybridized carbons (Fsp3) is 0.733. The van der Waals surface area contributed by atoms with E-state index in [1.807, 2.05) is 49.7 Å². The number of rotatable bonds is 3. The zero-order valence-electron chi connectivity index (χ0n) is 14.2. The third-order valence-corrected chi connectivity index (χ3v) is 3.80. The van der Waals surface area contributed by atoms with Gasteiger partial charge in [0.15, 0.2) is 0 Å². The topological polar surface area (TPSA) is 73.4 Å². The number of carbonyl (C=O) groups excluding carboxylic acids is 1. The van der Waals surface area contributed by atoms with Crippen LogP contribution in [0.25, 0.3) is 0 Å². The van der Waals surface area contributed by atoms with E-state index < -0.39 is 6.04 Å². The number of nitrogens with zero attached hydrogens (tertiary/aromatic N) is 3. The molecule has 1 aromatic rings. The number of aromatic nitrogens is 2. The van der Waals surface area contributed by atoms with Crippen molar-refractivity contribution in [2.24, 2.45) is 11.1 Å². The molecule has 1 aromatic heterocycles. The van der Waals surface area contributed by atoms with Crippen molar-refractivity contribution in [3.63, 3.8) is 0 Å². The summed E-state index contributed by atoms with van der Waals surface area (Å²) in [5, 5.41) is 4.26. The molecular weight excluding hydrogens is 339 g/mol. The van der Waals surface area contributed by atoms with E-state index in [0.29, 0.717) is 26.2 Å². The molecule has 2 heterocycles. The van der Waals surface area contributed by atoms with Gasteiger partial charge in [-0.15, -0.1) is 24.8 Å². The fourth-order valence-corrected chi connectivity index (χ4v) is 2.37. The molecule has 1 fully saturated rings. The fourth-order valence-electron chi connectivity index (χ4n) is 2.37. The highest BCUT2D eigenvalue weighted by Gasteiger charge is 2.33. The Bertz CT molecular complexity index is 502. The summed E-state index contributed by atoms with van der Waals surface area (Å²) in [6.07, 6.45) is 3.76. The largest absolute Gasteiger partial charge is 0.373 e. The van der Waals surface area contributed by atoms with E-state index in [1.54, 1.807) is 0 Å². The van der Waals surface area contributed by atoms with Crippen molar-refractivity contribution in [1.82, 2.24) is 14.7 Å². The van der Waals surface area contributed by atoms with Gasteiger partial charge in [0, 0.05) is 19.3 Å². The lowest BCUT2D eigenvalue weighted by atomic mass is 9.86. The molecule has 0 bridgehead atoms. The molecule has 1 aliphatic rings. The highest BCUT2D eigenvalue weighted by molar-refractivity contribution is 5.85. The lowest BCUT2D eigenvalue weighted by Crippen LogP contribution is -2.55. The Morgan fingerprint density at radius 1 is 1.48 bits per heavy atom. The molecule has 0 aliphatic carbocycles. The molecule has 1 aliphatic heterocycles. The van der Waals surface area contributed by atoms with Gasteiger partial charge in [0.25, 0.3) is 0 Å². The standard InChI is InChI=1S/C15H26N4O2.2ClH/c1-11-7-17-19(8-11)10-12-9-18(5-6-21-12)14(20)13(16)15(2,3)4;;/h7-8,12-13H,5-6,9-10,16H2,1-4H3;2*1H/t12?,13-;;/m1../s1. The van der Waals surface area contributed by atoms with E-state index in [0.717, 1.165) is 5.56 Å². The lowest BCUT2D eigenvalue weighted by molar-refractivity contribution is -0.143. The Balaban J connectivity index is 0.00000242. The molecular formula is C15H28Cl2N4O2. The smallest absolute Gasteiger partial charge is 0.240 e. The first-order valence-electron chi connectivity index (χ1n) is 7.42. The Kier molecular flexibility index (Phi) is 8.56. The van der Waals surface area contributed by atoms with Crippen molar-refractivity contribution in [3.8, 4) is 0 Å². The summed E-state index contributed by atoms with van der Waals surface area (Å²) in [4.78, 5) is 14.3. The van der Waals surface area contributed by atoms with E-state index in [-0.39, 0.29) is 42.2 Å². The van der Waals surface area contributed by atoms with Gasteiger partial charge in [0.2, 0.25) is 5.91 Å². The minimum absolute atomic E-state index is 0. The van der Waals surface area contributed by atoms with Gasteiger partial charge in [-0.2, -0.15) is 5.10 Å². The normalized spacial score (nSPS) is 19.5. The van der Waals surface area contributed by atoms with Crippen LogP contribution < -0.4 is 5.73 Å². The van der Waals surface area contributed by atoms with Crippen LogP contribution in [0.4, 0.5) is 0 Å². The predicted octanol–water partition coefficient (Wildman–Crippen LogP) is 1.64. The molecule has 0 radical (unpaired) electrons. The van der Waals surface area contributed by atoms with Crippen LogP contribution in [-0.4, -0.2) is 52.4 Å². The predicted molar refractivity (Wildman–Crippen MR) is 95.2 cm³/mol. The number of nitrogens with two attached hydrogens (primary N) is 1. The summed E-state index contributed by atoms with van der Waals surface area (Å²) in [5.74, 6) is 0.00689. The van der Waals surface area contributed by atoms with Crippen molar-refractivity contribution in [2.75, 3.05) is 19.7 Å². The van der Waals surface area contributed by atoms with Gasteiger partial charge in [-0.25, -0.2) is 0 Å². The summed E-state index contributed by atoms with van der Waals surface area (Å²) < 4.78 is 7.60. The second kappa shape index (κ2) is 8.87. The van der Waals surface area contributed by atoms with Crippen LogP contribution >= 0.6 is 24.8 Å². The van der Waals surface area contributed by atoms with Crippen LogP contribution in [0, 0.1) is 12.3 Å². The summed E-state index contributed by atoms with van der Waals surface area (Å²) in [6, 6.07) is -0.483. The zero-order chi connectivity index (χ0) is 15.6. The number of halogens is 2. The molecule has 134 valence electrons. The van der Waals surface area contributed by atoms with E-state index in [9.17, 15) is 4.79 Å². The van der Waals surface area contributed by atoms with Gasteiger partial charge in [0.05, 0.1) is 31.5 Å². The summed E-state index contributed by atoms with van der Waals surface area (Å²) in [6.45, 7) is 10.3. The first-order valence-corrected chi connectivity index (χ1v) is 7.42. The first kappa shape index (κ1) is 22.2. The Morgan fingerprint density at radius 3 is 2.65 bits per heavy atom. The quantitative estimate of drug-likeness (QED) is 0.882. The highest BCUT2D eigenvalue weighted by Crippen LogP contribution is 2.20. The van der Waals surface area contributed by atoms with Gasteiger partial charge in [-0.05, 0) is 17.9 Å². The molecule has 0 saturated carbocycles. The van der Waals surface area contributed by atoms with Gasteiger partial charge in [0.1, 0.15) is 0 Å². The van der Waals surface area contributed by atoms with Crippen molar-refractivity contribution in [2.45, 2.75) is 46.4 Å². The van der Waals surface area contributed by atoms with Crippen molar-refractivity contribution < 1.29 is 9.53 Å². The molecule has 6 nitrogen and oxygen atoms in total. The van der Waals surface area contributed by atoms with Crippen LogP contribution in [0.1, 0.15) is 26.3 Å². The van der Waals surface area contributed by atoms with E-state index in [4.69, 9.17) is 10.5 Å². The number of hydrogen-bond acceptors (Lipinski definition) is 4. The molecule has 2 atom stereocenters. The number of hydrogen-bond donors (Lipinski definition) is 1. The Labute approximate surface area is 150 Å². The van der Waals surface area contributed by atoms with Gasteiger partial charge >= 0.3 is 0 Å². The van der Waals surface area contributed by atoms with Crippen molar-refractivity contribution >= 4 is 30.7 Å².